The number of aryl methyl sites for hydroxylation is 2. The van der Waals surface area contributed by atoms with Gasteiger partial charge in [-0.1, -0.05) is 89.1 Å². The fourth-order valence-corrected chi connectivity index (χ4v) is 7.58. The summed E-state index contributed by atoms with van der Waals surface area (Å²) in [7, 11) is -1.86. The van der Waals surface area contributed by atoms with Gasteiger partial charge in [0.25, 0.3) is 0 Å². The zero-order chi connectivity index (χ0) is 15.7. The summed E-state index contributed by atoms with van der Waals surface area (Å²) < 4.78 is 0. The Labute approximate surface area is 135 Å². The summed E-state index contributed by atoms with van der Waals surface area (Å²) in [5.41, 5.74) is 4.15. The van der Waals surface area contributed by atoms with Gasteiger partial charge >= 0.3 is 0 Å². The van der Waals surface area contributed by atoms with Crippen LogP contribution in [-0.4, -0.2) is 8.07 Å². The van der Waals surface area contributed by atoms with Crippen LogP contribution in [0, 0.1) is 13.8 Å². The van der Waals surface area contributed by atoms with Crippen LogP contribution in [0.5, 0.6) is 0 Å². The summed E-state index contributed by atoms with van der Waals surface area (Å²) in [6.07, 6.45) is 5.90. The van der Waals surface area contributed by atoms with Crippen molar-refractivity contribution < 1.29 is 0 Å². The Morgan fingerprint density at radius 2 is 1.45 bits per heavy atom. The van der Waals surface area contributed by atoms with Crippen molar-refractivity contribution >= 4 is 18.4 Å². The van der Waals surface area contributed by atoms with Crippen LogP contribution in [-0.2, 0) is 0 Å². The molecule has 1 atom stereocenters. The van der Waals surface area contributed by atoms with E-state index in [0.717, 1.165) is 6.42 Å². The normalized spacial score (nSPS) is 16.9. The third-order valence-electron chi connectivity index (χ3n) is 4.84. The molecule has 1 unspecified atom stereocenters. The minimum atomic E-state index is -1.86. The summed E-state index contributed by atoms with van der Waals surface area (Å²) in [5, 5.41) is 4.67. The Bertz CT molecular complexity index is 732. The fraction of sp³-hybridized carbons (Fsp3) is 0.238. The van der Waals surface area contributed by atoms with Gasteiger partial charge in [-0.3, -0.25) is 0 Å². The molecule has 0 spiro atoms. The lowest BCUT2D eigenvalue weighted by molar-refractivity contribution is 1.35. The highest BCUT2D eigenvalue weighted by molar-refractivity contribution is 7.06. The lowest BCUT2D eigenvalue weighted by Gasteiger charge is -2.31. The Morgan fingerprint density at radius 3 is 2.00 bits per heavy atom. The molecular weight excluding hydrogens is 280 g/mol. The monoisotopic (exact) mass is 304 g/mol. The molecule has 0 aliphatic heterocycles. The van der Waals surface area contributed by atoms with Gasteiger partial charge in [-0.25, -0.2) is 0 Å². The van der Waals surface area contributed by atoms with Crippen molar-refractivity contribution in [3.05, 3.63) is 82.6 Å². The highest BCUT2D eigenvalue weighted by atomic mass is 28.3. The van der Waals surface area contributed by atoms with Crippen LogP contribution in [0.3, 0.4) is 0 Å². The predicted octanol–water partition coefficient (Wildman–Crippen LogP) is 4.31. The summed E-state index contributed by atoms with van der Waals surface area (Å²) in [6, 6.07) is 18.2. The largest absolute Gasteiger partial charge is 0.141 e. The molecule has 0 N–H and O–H groups in total. The third-order valence-corrected chi connectivity index (χ3v) is 9.40. The van der Waals surface area contributed by atoms with Gasteiger partial charge in [-0.15, -0.1) is 0 Å². The fourth-order valence-electron chi connectivity index (χ4n) is 3.58. The van der Waals surface area contributed by atoms with E-state index in [1.807, 2.05) is 0 Å². The number of rotatable bonds is 3. The Balaban J connectivity index is 2.22. The standard InChI is InChI=1S/C21H24Si/c1-16-10-11-20(13-16)22(4,19-8-6-5-7-9-19)21-14-17(2)12-18(3)15-21/h5-10,12-15H,11H2,1-4H3. The highest BCUT2D eigenvalue weighted by Crippen LogP contribution is 2.27. The number of hydrogen-bond acceptors (Lipinski definition) is 0. The van der Waals surface area contributed by atoms with E-state index in [4.69, 9.17) is 0 Å². The van der Waals surface area contributed by atoms with Gasteiger partial charge in [0, 0.05) is 0 Å². The summed E-state index contributed by atoms with van der Waals surface area (Å²) in [6.45, 7) is 9.15. The lowest BCUT2D eigenvalue weighted by atomic mass is 10.2. The second-order valence-corrected chi connectivity index (χ2v) is 10.7. The molecule has 0 saturated heterocycles. The predicted molar refractivity (Wildman–Crippen MR) is 99.7 cm³/mol. The van der Waals surface area contributed by atoms with E-state index in [-0.39, 0.29) is 0 Å². The van der Waals surface area contributed by atoms with Crippen molar-refractivity contribution in [2.24, 2.45) is 0 Å². The van der Waals surface area contributed by atoms with Crippen molar-refractivity contribution in [2.75, 3.05) is 0 Å². The first-order valence-electron chi connectivity index (χ1n) is 8.02. The molecule has 0 fully saturated rings. The first kappa shape index (κ1) is 15.0. The third kappa shape index (κ3) is 2.61. The SMILES string of the molecule is CC1=CCC([Si](C)(c2ccccc2)c2cc(C)cc(C)c2)=C1. The van der Waals surface area contributed by atoms with E-state index in [9.17, 15) is 0 Å². The first-order valence-corrected chi connectivity index (χ1v) is 10.5. The number of allylic oxidation sites excluding steroid dienone is 4. The van der Waals surface area contributed by atoms with Crippen molar-refractivity contribution in [1.29, 1.82) is 0 Å². The summed E-state index contributed by atoms with van der Waals surface area (Å²) >= 11 is 0. The van der Waals surface area contributed by atoms with E-state index in [1.165, 1.54) is 27.1 Å². The maximum atomic E-state index is 2.51. The summed E-state index contributed by atoms with van der Waals surface area (Å²) in [5.74, 6) is 0. The second-order valence-electron chi connectivity index (χ2n) is 6.69. The highest BCUT2D eigenvalue weighted by Gasteiger charge is 2.36. The van der Waals surface area contributed by atoms with E-state index in [1.54, 1.807) is 5.20 Å². The van der Waals surface area contributed by atoms with Crippen molar-refractivity contribution in [3.8, 4) is 0 Å². The Kier molecular flexibility index (Phi) is 3.92. The quantitative estimate of drug-likeness (QED) is 0.741. The van der Waals surface area contributed by atoms with Gasteiger partial charge in [0.1, 0.15) is 8.07 Å². The molecule has 1 aliphatic carbocycles. The smallest absolute Gasteiger partial charge is 0.0779 e. The van der Waals surface area contributed by atoms with Crippen LogP contribution in [0.2, 0.25) is 6.55 Å². The number of hydrogen-bond donors (Lipinski definition) is 0. The van der Waals surface area contributed by atoms with Crippen molar-refractivity contribution in [2.45, 2.75) is 33.7 Å². The van der Waals surface area contributed by atoms with Crippen LogP contribution >= 0.6 is 0 Å². The molecule has 1 aliphatic rings. The van der Waals surface area contributed by atoms with Crippen LogP contribution in [0.25, 0.3) is 0 Å². The molecule has 0 radical (unpaired) electrons. The van der Waals surface area contributed by atoms with E-state index in [2.05, 4.69) is 88.0 Å². The topological polar surface area (TPSA) is 0 Å². The van der Waals surface area contributed by atoms with Gasteiger partial charge in [0.05, 0.1) is 0 Å². The number of benzene rings is 2. The molecule has 0 nitrogen and oxygen atoms in total. The van der Waals surface area contributed by atoms with Gasteiger partial charge < -0.3 is 0 Å². The molecule has 22 heavy (non-hydrogen) atoms. The van der Waals surface area contributed by atoms with Gasteiger partial charge in [-0.2, -0.15) is 0 Å². The zero-order valence-electron chi connectivity index (χ0n) is 14.0. The molecule has 0 heterocycles. The van der Waals surface area contributed by atoms with E-state index in [0.29, 0.717) is 0 Å². The maximum Gasteiger partial charge on any atom is 0.141 e. The molecule has 0 amide bonds. The van der Waals surface area contributed by atoms with Gasteiger partial charge in [-0.05, 0) is 37.6 Å². The molecule has 2 aromatic carbocycles. The van der Waals surface area contributed by atoms with E-state index >= 15 is 0 Å². The summed E-state index contributed by atoms with van der Waals surface area (Å²) in [4.78, 5) is 0. The maximum absolute atomic E-state index is 2.51. The van der Waals surface area contributed by atoms with Crippen LogP contribution in [0.15, 0.2) is 71.5 Å². The molecule has 0 saturated carbocycles. The first-order chi connectivity index (χ1) is 10.5. The lowest BCUT2D eigenvalue weighted by Crippen LogP contribution is -2.57. The average molecular weight is 305 g/mol. The average Bonchev–Trinajstić information content (AvgIpc) is 2.93. The molecule has 0 aromatic heterocycles. The van der Waals surface area contributed by atoms with Crippen molar-refractivity contribution in [1.82, 2.24) is 0 Å². The Hall–Kier alpha value is -1.86. The minimum absolute atomic E-state index is 1.11. The molecule has 1 heteroatoms. The second kappa shape index (κ2) is 5.73. The van der Waals surface area contributed by atoms with Gasteiger partial charge in [0.2, 0.25) is 0 Å². The van der Waals surface area contributed by atoms with Crippen molar-refractivity contribution in [3.63, 3.8) is 0 Å². The molecule has 112 valence electrons. The van der Waals surface area contributed by atoms with Crippen LogP contribution < -0.4 is 10.4 Å². The Morgan fingerprint density at radius 1 is 0.818 bits per heavy atom. The molecule has 2 aromatic rings. The molecular formula is C21H24Si. The van der Waals surface area contributed by atoms with E-state index < -0.39 is 8.07 Å². The van der Waals surface area contributed by atoms with Gasteiger partial charge in [0.15, 0.2) is 0 Å². The zero-order valence-corrected chi connectivity index (χ0v) is 15.0. The molecule has 0 bridgehead atoms. The minimum Gasteiger partial charge on any atom is -0.0779 e. The molecule has 3 rings (SSSR count). The van der Waals surface area contributed by atoms with Crippen LogP contribution in [0.1, 0.15) is 24.5 Å². The van der Waals surface area contributed by atoms with Crippen LogP contribution in [0.4, 0.5) is 0 Å².